The van der Waals surface area contributed by atoms with E-state index in [4.69, 9.17) is 9.47 Å². The molecule has 0 spiro atoms. The van der Waals surface area contributed by atoms with E-state index < -0.39 is 0 Å². The normalized spacial score (nSPS) is 12.8. The molecule has 0 radical (unpaired) electrons. The van der Waals surface area contributed by atoms with E-state index in [9.17, 15) is 0 Å². The number of rotatable bonds is 3. The molecule has 1 aromatic heterocycles. The third-order valence-electron chi connectivity index (χ3n) is 3.23. The van der Waals surface area contributed by atoms with Gasteiger partial charge in [-0.15, -0.1) is 0 Å². The second-order valence-electron chi connectivity index (χ2n) is 4.44. The largest absolute Gasteiger partial charge is 0.497 e. The highest BCUT2D eigenvalue weighted by Crippen LogP contribution is 2.34. The fourth-order valence-corrected chi connectivity index (χ4v) is 2.57. The molecule has 2 aromatic rings. The van der Waals surface area contributed by atoms with E-state index in [1.807, 2.05) is 24.3 Å². The maximum Gasteiger partial charge on any atom is 0.222 e. The third-order valence-corrected chi connectivity index (χ3v) is 3.66. The third kappa shape index (κ3) is 2.29. The Morgan fingerprint density at radius 1 is 1.15 bits per heavy atom. The molecule has 0 saturated carbocycles. The van der Waals surface area contributed by atoms with Gasteiger partial charge in [0.15, 0.2) is 0 Å². The molecule has 20 heavy (non-hydrogen) atoms. The van der Waals surface area contributed by atoms with Gasteiger partial charge in [0.2, 0.25) is 5.88 Å². The van der Waals surface area contributed by atoms with E-state index in [2.05, 4.69) is 25.9 Å². The van der Waals surface area contributed by atoms with Gasteiger partial charge >= 0.3 is 0 Å². The number of nitrogens with zero attached hydrogens (tertiary/aromatic N) is 2. The summed E-state index contributed by atoms with van der Waals surface area (Å²) in [6, 6.07) is 7.92. The van der Waals surface area contributed by atoms with Gasteiger partial charge in [-0.3, -0.25) is 4.99 Å². The Hall–Kier alpha value is -1.88. The van der Waals surface area contributed by atoms with Crippen LogP contribution in [0.2, 0.25) is 0 Å². The van der Waals surface area contributed by atoms with Gasteiger partial charge in [0.1, 0.15) is 5.75 Å². The van der Waals surface area contributed by atoms with E-state index in [-0.39, 0.29) is 0 Å². The van der Waals surface area contributed by atoms with Crippen LogP contribution in [-0.2, 0) is 6.42 Å². The lowest BCUT2D eigenvalue weighted by molar-refractivity contribution is 0.397. The number of methoxy groups -OCH3 is 2. The molecule has 0 unspecified atom stereocenters. The minimum absolute atomic E-state index is 0.590. The molecule has 0 fully saturated rings. The SMILES string of the molecule is COc1ccc2c(c1)N=C(c1cc(Br)cnc1OC)C2. The predicted molar refractivity (Wildman–Crippen MR) is 81.4 cm³/mol. The van der Waals surface area contributed by atoms with Crippen molar-refractivity contribution in [3.63, 3.8) is 0 Å². The predicted octanol–water partition coefficient (Wildman–Crippen LogP) is 3.54. The molecule has 0 N–H and O–H groups in total. The maximum absolute atomic E-state index is 5.32. The number of aliphatic imine (C=N–C) groups is 1. The van der Waals surface area contributed by atoms with Crippen LogP contribution >= 0.6 is 15.9 Å². The maximum atomic E-state index is 5.32. The summed E-state index contributed by atoms with van der Waals surface area (Å²) in [7, 11) is 3.27. The Kier molecular flexibility index (Phi) is 3.44. The van der Waals surface area contributed by atoms with E-state index >= 15 is 0 Å². The van der Waals surface area contributed by atoms with Gasteiger partial charge in [0.25, 0.3) is 0 Å². The number of ether oxygens (including phenoxy) is 2. The molecule has 1 aliphatic heterocycles. The first-order valence-corrected chi connectivity index (χ1v) is 6.95. The van der Waals surface area contributed by atoms with Gasteiger partial charge in [-0.2, -0.15) is 0 Å². The molecule has 5 heteroatoms. The zero-order valence-electron chi connectivity index (χ0n) is 11.2. The van der Waals surface area contributed by atoms with Crippen molar-refractivity contribution in [2.45, 2.75) is 6.42 Å². The molecule has 4 nitrogen and oxygen atoms in total. The molecule has 1 aliphatic rings. The first kappa shape index (κ1) is 13.1. The fourth-order valence-electron chi connectivity index (χ4n) is 2.24. The molecular weight excluding hydrogens is 320 g/mol. The van der Waals surface area contributed by atoms with Gasteiger partial charge in [-0.05, 0) is 33.6 Å². The second kappa shape index (κ2) is 5.25. The zero-order valence-corrected chi connectivity index (χ0v) is 12.8. The van der Waals surface area contributed by atoms with Gasteiger partial charge in [0.05, 0.1) is 31.2 Å². The smallest absolute Gasteiger partial charge is 0.222 e. The van der Waals surface area contributed by atoms with Crippen LogP contribution in [0.3, 0.4) is 0 Å². The van der Waals surface area contributed by atoms with E-state index in [0.717, 1.165) is 33.6 Å². The number of hydrogen-bond donors (Lipinski definition) is 0. The molecule has 102 valence electrons. The molecule has 0 atom stereocenters. The number of benzene rings is 1. The summed E-state index contributed by atoms with van der Waals surface area (Å²) in [5.41, 5.74) is 4.00. The molecule has 0 bridgehead atoms. The van der Waals surface area contributed by atoms with Crippen molar-refractivity contribution in [2.24, 2.45) is 4.99 Å². The molecule has 3 rings (SSSR count). The highest BCUT2D eigenvalue weighted by atomic mass is 79.9. The van der Waals surface area contributed by atoms with Crippen molar-refractivity contribution in [3.8, 4) is 11.6 Å². The molecule has 0 saturated heterocycles. The number of aromatic nitrogens is 1. The summed E-state index contributed by atoms with van der Waals surface area (Å²) < 4.78 is 11.5. The highest BCUT2D eigenvalue weighted by molar-refractivity contribution is 9.10. The van der Waals surface area contributed by atoms with Gasteiger partial charge in [-0.1, -0.05) is 6.07 Å². The van der Waals surface area contributed by atoms with Crippen molar-refractivity contribution in [1.29, 1.82) is 0 Å². The number of pyridine rings is 1. The number of halogens is 1. The Labute approximate surface area is 125 Å². The highest BCUT2D eigenvalue weighted by Gasteiger charge is 2.20. The van der Waals surface area contributed by atoms with Crippen LogP contribution in [0, 0.1) is 0 Å². The Morgan fingerprint density at radius 3 is 2.75 bits per heavy atom. The summed E-state index contributed by atoms with van der Waals surface area (Å²) >= 11 is 3.44. The van der Waals surface area contributed by atoms with E-state index in [1.165, 1.54) is 5.56 Å². The minimum atomic E-state index is 0.590. The summed E-state index contributed by atoms with van der Waals surface area (Å²) in [6.45, 7) is 0. The van der Waals surface area contributed by atoms with Crippen LogP contribution in [-0.4, -0.2) is 24.9 Å². The Balaban J connectivity index is 2.03. The average molecular weight is 333 g/mol. The minimum Gasteiger partial charge on any atom is -0.497 e. The van der Waals surface area contributed by atoms with E-state index in [1.54, 1.807) is 20.4 Å². The first-order chi connectivity index (χ1) is 9.71. The number of hydrogen-bond acceptors (Lipinski definition) is 4. The standard InChI is InChI=1S/C15H13BrN2O2/c1-19-11-4-3-9-5-14(18-13(9)7-11)12-6-10(16)8-17-15(12)20-2/h3-4,6-8H,5H2,1-2H3. The molecule has 0 aliphatic carbocycles. The van der Waals surface area contributed by atoms with Crippen LogP contribution in [0.25, 0.3) is 0 Å². The van der Waals surface area contributed by atoms with Crippen LogP contribution in [0.1, 0.15) is 11.1 Å². The van der Waals surface area contributed by atoms with Gasteiger partial charge < -0.3 is 9.47 Å². The van der Waals surface area contributed by atoms with E-state index in [0.29, 0.717) is 5.88 Å². The lowest BCUT2D eigenvalue weighted by atomic mass is 10.1. The van der Waals surface area contributed by atoms with Crippen molar-refractivity contribution >= 4 is 27.3 Å². The van der Waals surface area contributed by atoms with Crippen molar-refractivity contribution < 1.29 is 9.47 Å². The van der Waals surface area contributed by atoms with Crippen LogP contribution < -0.4 is 9.47 Å². The van der Waals surface area contributed by atoms with Crippen molar-refractivity contribution in [3.05, 3.63) is 46.1 Å². The van der Waals surface area contributed by atoms with Crippen LogP contribution in [0.4, 0.5) is 5.69 Å². The van der Waals surface area contributed by atoms with Crippen molar-refractivity contribution in [1.82, 2.24) is 4.98 Å². The summed E-state index contributed by atoms with van der Waals surface area (Å²) in [4.78, 5) is 8.94. The van der Waals surface area contributed by atoms with Crippen LogP contribution in [0.15, 0.2) is 39.9 Å². The zero-order chi connectivity index (χ0) is 14.1. The van der Waals surface area contributed by atoms with Gasteiger partial charge in [-0.25, -0.2) is 4.98 Å². The fraction of sp³-hybridized carbons (Fsp3) is 0.200. The molecule has 2 heterocycles. The molecule has 0 amide bonds. The lowest BCUT2D eigenvalue weighted by Crippen LogP contribution is -2.04. The summed E-state index contributed by atoms with van der Waals surface area (Å²) in [5, 5.41) is 0. The lowest BCUT2D eigenvalue weighted by Gasteiger charge is -2.07. The first-order valence-electron chi connectivity index (χ1n) is 6.15. The average Bonchev–Trinajstić information content (AvgIpc) is 2.89. The Morgan fingerprint density at radius 2 is 2.00 bits per heavy atom. The monoisotopic (exact) mass is 332 g/mol. The molecule has 1 aromatic carbocycles. The quantitative estimate of drug-likeness (QED) is 0.863. The summed E-state index contributed by atoms with van der Waals surface area (Å²) in [5.74, 6) is 1.40. The second-order valence-corrected chi connectivity index (χ2v) is 5.36. The molecular formula is C15H13BrN2O2. The number of fused-ring (bicyclic) bond motifs is 1. The van der Waals surface area contributed by atoms with Gasteiger partial charge in [0, 0.05) is 23.2 Å². The Bertz CT molecular complexity index is 698. The van der Waals surface area contributed by atoms with Crippen LogP contribution in [0.5, 0.6) is 11.6 Å². The topological polar surface area (TPSA) is 43.7 Å². The van der Waals surface area contributed by atoms with Crippen molar-refractivity contribution in [2.75, 3.05) is 14.2 Å². The summed E-state index contributed by atoms with van der Waals surface area (Å²) in [6.07, 6.45) is 2.49.